The first-order valence-corrected chi connectivity index (χ1v) is 6.24. The van der Waals surface area contributed by atoms with Crippen LogP contribution in [0.15, 0.2) is 35.9 Å². The summed E-state index contributed by atoms with van der Waals surface area (Å²) >= 11 is 0. The van der Waals surface area contributed by atoms with Crippen LogP contribution in [0.4, 0.5) is 0 Å². The van der Waals surface area contributed by atoms with Gasteiger partial charge in [-0.25, -0.2) is 0 Å². The van der Waals surface area contributed by atoms with Crippen molar-refractivity contribution in [2.45, 2.75) is 33.6 Å². The van der Waals surface area contributed by atoms with E-state index in [4.69, 9.17) is 0 Å². The number of allylic oxidation sites excluding steroid dienone is 1. The molecule has 0 radical (unpaired) electrons. The fourth-order valence-electron chi connectivity index (χ4n) is 2.90. The number of Topliss-reactive ketones (excluding diaryl/α,β-unsaturated/α-hetero) is 1. The van der Waals surface area contributed by atoms with E-state index in [1.54, 1.807) is 0 Å². The molecule has 0 bridgehead atoms. The van der Waals surface area contributed by atoms with Gasteiger partial charge in [-0.15, -0.1) is 0 Å². The lowest BCUT2D eigenvalue weighted by atomic mass is 9.77. The van der Waals surface area contributed by atoms with E-state index < -0.39 is 0 Å². The van der Waals surface area contributed by atoms with Gasteiger partial charge in [0.2, 0.25) is 0 Å². The zero-order valence-corrected chi connectivity index (χ0v) is 10.9. The Morgan fingerprint density at radius 1 is 1.29 bits per heavy atom. The van der Waals surface area contributed by atoms with E-state index in [9.17, 15) is 4.79 Å². The van der Waals surface area contributed by atoms with Gasteiger partial charge in [-0.05, 0) is 23.8 Å². The van der Waals surface area contributed by atoms with Crippen molar-refractivity contribution in [3.63, 3.8) is 0 Å². The predicted molar refractivity (Wildman–Crippen MR) is 71.6 cm³/mol. The van der Waals surface area contributed by atoms with Gasteiger partial charge in [-0.2, -0.15) is 0 Å². The van der Waals surface area contributed by atoms with Crippen molar-refractivity contribution < 1.29 is 4.79 Å². The molecular weight excluding hydrogens is 208 g/mol. The monoisotopic (exact) mass is 228 g/mol. The molecule has 1 heteroatoms. The topological polar surface area (TPSA) is 17.1 Å². The van der Waals surface area contributed by atoms with Crippen molar-refractivity contribution in [2.24, 2.45) is 11.3 Å². The van der Waals surface area contributed by atoms with E-state index >= 15 is 0 Å². The lowest BCUT2D eigenvalue weighted by molar-refractivity contribution is -0.117. The first kappa shape index (κ1) is 12.1. The Morgan fingerprint density at radius 2 is 1.94 bits per heavy atom. The van der Waals surface area contributed by atoms with Gasteiger partial charge in [0.15, 0.2) is 0 Å². The third kappa shape index (κ3) is 2.66. The van der Waals surface area contributed by atoms with Crippen LogP contribution < -0.4 is 0 Å². The molecule has 0 saturated heterocycles. The highest BCUT2D eigenvalue weighted by Crippen LogP contribution is 2.44. The number of hydrogen-bond acceptors (Lipinski definition) is 1. The molecule has 0 aromatic heterocycles. The van der Waals surface area contributed by atoms with Gasteiger partial charge in [-0.1, -0.05) is 55.8 Å². The normalized spacial score (nSPS) is 24.1. The zero-order chi connectivity index (χ0) is 12.5. The number of rotatable bonds is 2. The van der Waals surface area contributed by atoms with Gasteiger partial charge in [0.05, 0.1) is 0 Å². The summed E-state index contributed by atoms with van der Waals surface area (Å²) in [5.74, 6) is 0.802. The van der Waals surface area contributed by atoms with Gasteiger partial charge in [-0.3, -0.25) is 4.79 Å². The van der Waals surface area contributed by atoms with Crippen LogP contribution in [0.3, 0.4) is 0 Å². The van der Waals surface area contributed by atoms with Crippen molar-refractivity contribution in [1.82, 2.24) is 0 Å². The zero-order valence-electron chi connectivity index (χ0n) is 10.9. The Morgan fingerprint density at radius 3 is 2.47 bits per heavy atom. The second kappa shape index (κ2) is 4.48. The average Bonchev–Trinajstić information content (AvgIpc) is 2.53. The summed E-state index contributed by atoms with van der Waals surface area (Å²) in [5, 5.41) is 0. The smallest absolute Gasteiger partial charge is 0.134 e. The Bertz CT molecular complexity index is 440. The van der Waals surface area contributed by atoms with Gasteiger partial charge in [0.25, 0.3) is 0 Å². The fraction of sp³-hybridized carbons (Fsp3) is 0.438. The van der Waals surface area contributed by atoms with E-state index in [1.165, 1.54) is 11.1 Å². The van der Waals surface area contributed by atoms with Crippen LogP contribution in [0, 0.1) is 11.3 Å². The molecule has 1 atom stereocenters. The minimum atomic E-state index is 0.118. The maximum atomic E-state index is 11.6. The van der Waals surface area contributed by atoms with Crippen molar-refractivity contribution in [2.75, 3.05) is 0 Å². The minimum absolute atomic E-state index is 0.118. The molecule has 1 saturated carbocycles. The molecule has 1 nitrogen and oxygen atoms in total. The van der Waals surface area contributed by atoms with Crippen LogP contribution in [0.5, 0.6) is 0 Å². The van der Waals surface area contributed by atoms with Crippen LogP contribution in [-0.2, 0) is 4.79 Å². The molecule has 2 rings (SSSR count). The lowest BCUT2D eigenvalue weighted by Gasteiger charge is -2.26. The Kier molecular flexibility index (Phi) is 3.19. The Labute approximate surface area is 104 Å². The molecule has 0 unspecified atom stereocenters. The van der Waals surface area contributed by atoms with Gasteiger partial charge in [0.1, 0.15) is 5.78 Å². The van der Waals surface area contributed by atoms with Crippen LogP contribution in [0.1, 0.15) is 39.2 Å². The highest BCUT2D eigenvalue weighted by Gasteiger charge is 2.40. The summed E-state index contributed by atoms with van der Waals surface area (Å²) in [6, 6.07) is 10.3. The lowest BCUT2D eigenvalue weighted by Crippen LogP contribution is -2.18. The number of hydrogen-bond donors (Lipinski definition) is 0. The molecule has 1 aromatic carbocycles. The summed E-state index contributed by atoms with van der Waals surface area (Å²) in [6.45, 7) is 6.55. The van der Waals surface area contributed by atoms with Crippen LogP contribution in [-0.4, -0.2) is 5.78 Å². The maximum absolute atomic E-state index is 11.6. The summed E-state index contributed by atoms with van der Waals surface area (Å²) in [6.07, 6.45) is 3.64. The molecule has 0 spiro atoms. The van der Waals surface area contributed by atoms with Crippen LogP contribution >= 0.6 is 0 Å². The molecule has 0 N–H and O–H groups in total. The average molecular weight is 228 g/mol. The SMILES string of the molecule is C/C(=C\c1ccccc1)[C@@H]1CC(=O)CC1(C)C. The summed E-state index contributed by atoms with van der Waals surface area (Å²) in [4.78, 5) is 11.6. The molecule has 0 heterocycles. The molecular formula is C16H20O. The van der Waals surface area contributed by atoms with E-state index in [-0.39, 0.29) is 5.41 Å². The van der Waals surface area contributed by atoms with E-state index in [2.05, 4.69) is 39.0 Å². The third-order valence-electron chi connectivity index (χ3n) is 3.77. The van der Waals surface area contributed by atoms with E-state index in [1.807, 2.05) is 18.2 Å². The number of ketones is 1. The summed E-state index contributed by atoms with van der Waals surface area (Å²) < 4.78 is 0. The second-order valence-electron chi connectivity index (χ2n) is 5.76. The maximum Gasteiger partial charge on any atom is 0.134 e. The fourth-order valence-corrected chi connectivity index (χ4v) is 2.90. The first-order valence-electron chi connectivity index (χ1n) is 6.24. The Hall–Kier alpha value is -1.37. The van der Waals surface area contributed by atoms with Crippen molar-refractivity contribution in [3.8, 4) is 0 Å². The number of carbonyl (C=O) groups excluding carboxylic acids is 1. The number of carbonyl (C=O) groups is 1. The first-order chi connectivity index (χ1) is 7.99. The van der Waals surface area contributed by atoms with Crippen molar-refractivity contribution in [3.05, 3.63) is 41.5 Å². The van der Waals surface area contributed by atoms with Gasteiger partial charge in [0, 0.05) is 12.8 Å². The van der Waals surface area contributed by atoms with Crippen molar-refractivity contribution >= 4 is 11.9 Å². The van der Waals surface area contributed by atoms with E-state index in [0.717, 1.165) is 6.42 Å². The quantitative estimate of drug-likeness (QED) is 0.745. The molecule has 17 heavy (non-hydrogen) atoms. The number of benzene rings is 1. The standard InChI is InChI=1S/C16H20O/c1-12(9-13-7-5-4-6-8-13)15-10-14(17)11-16(15,2)3/h4-9,15H,10-11H2,1-3H3/b12-9+/t15-/m0/s1. The summed E-state index contributed by atoms with van der Waals surface area (Å²) in [5.41, 5.74) is 2.67. The van der Waals surface area contributed by atoms with E-state index in [0.29, 0.717) is 18.1 Å². The minimum Gasteiger partial charge on any atom is -0.300 e. The molecule has 0 amide bonds. The molecule has 1 aliphatic carbocycles. The Balaban J connectivity index is 2.23. The van der Waals surface area contributed by atoms with Gasteiger partial charge < -0.3 is 0 Å². The molecule has 0 aliphatic heterocycles. The molecule has 1 aliphatic rings. The summed E-state index contributed by atoms with van der Waals surface area (Å²) in [7, 11) is 0. The third-order valence-corrected chi connectivity index (χ3v) is 3.77. The predicted octanol–water partition coefficient (Wildman–Crippen LogP) is 4.10. The largest absolute Gasteiger partial charge is 0.300 e. The molecule has 1 aromatic rings. The highest BCUT2D eigenvalue weighted by atomic mass is 16.1. The van der Waals surface area contributed by atoms with Crippen molar-refractivity contribution in [1.29, 1.82) is 0 Å². The van der Waals surface area contributed by atoms with Gasteiger partial charge >= 0.3 is 0 Å². The molecule has 1 fully saturated rings. The second-order valence-corrected chi connectivity index (χ2v) is 5.76. The highest BCUT2D eigenvalue weighted by molar-refractivity contribution is 5.82. The van der Waals surface area contributed by atoms with Crippen LogP contribution in [0.25, 0.3) is 6.08 Å². The van der Waals surface area contributed by atoms with Crippen LogP contribution in [0.2, 0.25) is 0 Å². The molecule has 90 valence electrons.